The van der Waals surface area contributed by atoms with Gasteiger partial charge in [-0.15, -0.1) is 0 Å². The minimum Gasteiger partial charge on any atom is -0.351 e. The number of rotatable bonds is 6. The van der Waals surface area contributed by atoms with E-state index in [2.05, 4.69) is 69.5 Å². The SMILES string of the molecule is O=C(Nc1ccc(CCc2nc3ccccc3n2-c2ccccc2)cc1)c1cc2ccccc2[nH]1. The summed E-state index contributed by atoms with van der Waals surface area (Å²) >= 11 is 0. The summed E-state index contributed by atoms with van der Waals surface area (Å²) in [6.45, 7) is 0. The summed E-state index contributed by atoms with van der Waals surface area (Å²) in [6, 6.07) is 36.4. The lowest BCUT2D eigenvalue weighted by atomic mass is 10.1. The number of carbonyl (C=O) groups is 1. The molecular formula is C30H24N4O. The van der Waals surface area contributed by atoms with Crippen LogP contribution in [-0.2, 0) is 12.8 Å². The van der Waals surface area contributed by atoms with Gasteiger partial charge in [0, 0.05) is 28.7 Å². The molecule has 0 aliphatic carbocycles. The molecule has 5 heteroatoms. The number of imidazole rings is 1. The van der Waals surface area contributed by atoms with Gasteiger partial charge in [0.25, 0.3) is 5.91 Å². The Kier molecular flexibility index (Phi) is 5.35. The number of fused-ring (bicyclic) bond motifs is 2. The van der Waals surface area contributed by atoms with Gasteiger partial charge in [0.05, 0.1) is 11.0 Å². The van der Waals surface area contributed by atoms with Crippen LogP contribution >= 0.6 is 0 Å². The summed E-state index contributed by atoms with van der Waals surface area (Å²) < 4.78 is 2.24. The zero-order valence-corrected chi connectivity index (χ0v) is 19.1. The lowest BCUT2D eigenvalue weighted by Crippen LogP contribution is -2.12. The predicted molar refractivity (Wildman–Crippen MR) is 141 cm³/mol. The minimum atomic E-state index is -0.148. The molecule has 0 aliphatic rings. The third-order valence-electron chi connectivity index (χ3n) is 6.27. The number of anilines is 1. The first-order valence-corrected chi connectivity index (χ1v) is 11.7. The molecule has 0 unspecified atom stereocenters. The molecule has 6 rings (SSSR count). The topological polar surface area (TPSA) is 62.7 Å². The molecule has 2 N–H and O–H groups in total. The number of hydrogen-bond acceptors (Lipinski definition) is 2. The van der Waals surface area contributed by atoms with Gasteiger partial charge in [0.1, 0.15) is 11.5 Å². The molecule has 2 aromatic heterocycles. The molecule has 0 fully saturated rings. The maximum atomic E-state index is 12.7. The van der Waals surface area contributed by atoms with Crippen molar-refractivity contribution in [2.75, 3.05) is 5.32 Å². The summed E-state index contributed by atoms with van der Waals surface area (Å²) in [5.41, 5.74) is 6.70. The van der Waals surface area contributed by atoms with E-state index >= 15 is 0 Å². The molecule has 35 heavy (non-hydrogen) atoms. The van der Waals surface area contributed by atoms with E-state index in [1.807, 2.05) is 54.6 Å². The van der Waals surface area contributed by atoms with Gasteiger partial charge in [-0.3, -0.25) is 9.36 Å². The first kappa shape index (κ1) is 20.9. The number of aryl methyl sites for hydroxylation is 2. The van der Waals surface area contributed by atoms with E-state index in [0.29, 0.717) is 5.69 Å². The number of benzene rings is 4. The van der Waals surface area contributed by atoms with Gasteiger partial charge >= 0.3 is 0 Å². The van der Waals surface area contributed by atoms with Gasteiger partial charge in [0.15, 0.2) is 0 Å². The highest BCUT2D eigenvalue weighted by molar-refractivity contribution is 6.05. The zero-order chi connectivity index (χ0) is 23.6. The van der Waals surface area contributed by atoms with Gasteiger partial charge < -0.3 is 10.3 Å². The lowest BCUT2D eigenvalue weighted by molar-refractivity contribution is 0.102. The van der Waals surface area contributed by atoms with E-state index < -0.39 is 0 Å². The molecule has 0 aliphatic heterocycles. The summed E-state index contributed by atoms with van der Waals surface area (Å²) in [6.07, 6.45) is 1.66. The zero-order valence-electron chi connectivity index (χ0n) is 19.1. The number of nitrogens with one attached hydrogen (secondary N) is 2. The normalized spacial score (nSPS) is 11.2. The van der Waals surface area contributed by atoms with Gasteiger partial charge in [-0.1, -0.05) is 60.7 Å². The average Bonchev–Trinajstić information content (AvgIpc) is 3.50. The van der Waals surface area contributed by atoms with Crippen molar-refractivity contribution in [2.45, 2.75) is 12.8 Å². The number of para-hydroxylation sites is 4. The van der Waals surface area contributed by atoms with Gasteiger partial charge in [-0.2, -0.15) is 0 Å². The highest BCUT2D eigenvalue weighted by atomic mass is 16.1. The highest BCUT2D eigenvalue weighted by Crippen LogP contribution is 2.23. The Labute approximate surface area is 203 Å². The molecule has 4 aromatic carbocycles. The van der Waals surface area contributed by atoms with Crippen LogP contribution in [0.5, 0.6) is 0 Å². The van der Waals surface area contributed by atoms with Crippen LogP contribution in [0.4, 0.5) is 5.69 Å². The Hall–Kier alpha value is -4.64. The first-order chi connectivity index (χ1) is 17.2. The fourth-order valence-corrected chi connectivity index (χ4v) is 4.51. The van der Waals surface area contributed by atoms with Gasteiger partial charge in [-0.25, -0.2) is 4.98 Å². The third kappa shape index (κ3) is 4.20. The van der Waals surface area contributed by atoms with Gasteiger partial charge in [-0.05, 0) is 60.5 Å². The fraction of sp³-hybridized carbons (Fsp3) is 0.0667. The fourth-order valence-electron chi connectivity index (χ4n) is 4.51. The molecule has 0 radical (unpaired) electrons. The molecule has 0 saturated carbocycles. The Morgan fingerprint density at radius 3 is 2.37 bits per heavy atom. The van der Waals surface area contributed by atoms with Crippen molar-refractivity contribution in [2.24, 2.45) is 0 Å². The third-order valence-corrected chi connectivity index (χ3v) is 6.27. The number of aromatic amines is 1. The van der Waals surface area contributed by atoms with E-state index in [4.69, 9.17) is 4.98 Å². The molecule has 1 amide bonds. The second-order valence-electron chi connectivity index (χ2n) is 8.61. The van der Waals surface area contributed by atoms with Crippen LogP contribution < -0.4 is 5.32 Å². The van der Waals surface area contributed by atoms with Crippen LogP contribution in [0, 0.1) is 0 Å². The van der Waals surface area contributed by atoms with Crippen molar-refractivity contribution in [3.8, 4) is 5.69 Å². The molecule has 0 saturated heterocycles. The van der Waals surface area contributed by atoms with Crippen LogP contribution in [0.1, 0.15) is 21.9 Å². The maximum Gasteiger partial charge on any atom is 0.272 e. The largest absolute Gasteiger partial charge is 0.351 e. The van der Waals surface area contributed by atoms with Crippen LogP contribution in [0.25, 0.3) is 27.6 Å². The predicted octanol–water partition coefficient (Wildman–Crippen LogP) is 6.54. The van der Waals surface area contributed by atoms with Crippen LogP contribution in [0.3, 0.4) is 0 Å². The summed E-state index contributed by atoms with van der Waals surface area (Å²) in [5.74, 6) is 0.888. The van der Waals surface area contributed by atoms with E-state index in [-0.39, 0.29) is 5.91 Å². The minimum absolute atomic E-state index is 0.148. The molecular weight excluding hydrogens is 432 g/mol. The van der Waals surface area contributed by atoms with E-state index in [9.17, 15) is 4.79 Å². The average molecular weight is 457 g/mol. The number of amides is 1. The van der Waals surface area contributed by atoms with Crippen LogP contribution in [0.15, 0.2) is 109 Å². The van der Waals surface area contributed by atoms with E-state index in [1.54, 1.807) is 0 Å². The number of hydrogen-bond donors (Lipinski definition) is 2. The van der Waals surface area contributed by atoms with Crippen molar-refractivity contribution in [3.05, 3.63) is 126 Å². The molecule has 0 atom stereocenters. The second-order valence-corrected chi connectivity index (χ2v) is 8.61. The number of carbonyl (C=O) groups excluding carboxylic acids is 1. The number of H-pyrrole nitrogens is 1. The van der Waals surface area contributed by atoms with E-state index in [0.717, 1.165) is 52.0 Å². The highest BCUT2D eigenvalue weighted by Gasteiger charge is 2.13. The summed E-state index contributed by atoms with van der Waals surface area (Å²) in [7, 11) is 0. The van der Waals surface area contributed by atoms with Crippen LogP contribution in [-0.4, -0.2) is 20.4 Å². The first-order valence-electron chi connectivity index (χ1n) is 11.7. The molecule has 6 aromatic rings. The molecule has 0 bridgehead atoms. The number of nitrogens with zero attached hydrogens (tertiary/aromatic N) is 2. The Bertz CT molecular complexity index is 1600. The Morgan fingerprint density at radius 1 is 0.800 bits per heavy atom. The lowest BCUT2D eigenvalue weighted by Gasteiger charge is -2.10. The monoisotopic (exact) mass is 456 g/mol. The second kappa shape index (κ2) is 8.95. The Morgan fingerprint density at radius 2 is 1.54 bits per heavy atom. The van der Waals surface area contributed by atoms with Crippen molar-refractivity contribution >= 4 is 33.5 Å². The quantitative estimate of drug-likeness (QED) is 0.299. The molecule has 5 nitrogen and oxygen atoms in total. The smallest absolute Gasteiger partial charge is 0.272 e. The standard InChI is InChI=1S/C30H24N4O/c35-30(27-20-22-8-4-5-11-25(22)32-27)31-23-17-14-21(15-18-23)16-19-29-33-26-12-6-7-13-28(26)34(29)24-9-2-1-3-10-24/h1-15,17-18,20,32H,16,19H2,(H,31,35). The van der Waals surface area contributed by atoms with Gasteiger partial charge in [0.2, 0.25) is 0 Å². The van der Waals surface area contributed by atoms with Crippen molar-refractivity contribution < 1.29 is 4.79 Å². The van der Waals surface area contributed by atoms with Crippen molar-refractivity contribution in [1.82, 2.24) is 14.5 Å². The molecule has 0 spiro atoms. The van der Waals surface area contributed by atoms with Crippen molar-refractivity contribution in [3.63, 3.8) is 0 Å². The summed E-state index contributed by atoms with van der Waals surface area (Å²) in [5, 5.41) is 4.00. The number of aromatic nitrogens is 3. The van der Waals surface area contributed by atoms with E-state index in [1.165, 1.54) is 5.56 Å². The molecule has 2 heterocycles. The van der Waals surface area contributed by atoms with Crippen LogP contribution in [0.2, 0.25) is 0 Å². The Balaban J connectivity index is 1.18. The maximum absolute atomic E-state index is 12.7. The van der Waals surface area contributed by atoms with Crippen molar-refractivity contribution in [1.29, 1.82) is 0 Å². The molecule has 170 valence electrons. The summed E-state index contributed by atoms with van der Waals surface area (Å²) in [4.78, 5) is 20.8.